The highest BCUT2D eigenvalue weighted by Gasteiger charge is 2.64. The SMILES string of the molecule is CO[C@@](C(=O)O[C@@H](C)CCC(C)(C)[C@]1(O)CC(=O)C=C1C)(c1ccccc1)C(F)(F)F. The monoisotopic (exact) mass is 442 g/mol. The first-order valence-electron chi connectivity index (χ1n) is 10.0. The number of benzene rings is 1. The van der Waals surface area contributed by atoms with Gasteiger partial charge in [0.25, 0.3) is 5.60 Å². The molecule has 5 nitrogen and oxygen atoms in total. The molecule has 1 aromatic carbocycles. The van der Waals surface area contributed by atoms with E-state index >= 15 is 0 Å². The number of aliphatic hydroxyl groups is 1. The Morgan fingerprint density at radius 2 is 1.81 bits per heavy atom. The molecule has 0 aromatic heterocycles. The van der Waals surface area contributed by atoms with Gasteiger partial charge < -0.3 is 14.6 Å². The van der Waals surface area contributed by atoms with Gasteiger partial charge in [0.2, 0.25) is 0 Å². The molecule has 8 heteroatoms. The average molecular weight is 442 g/mol. The number of alkyl halides is 3. The third-order valence-electron chi connectivity index (χ3n) is 6.24. The highest BCUT2D eigenvalue weighted by molar-refractivity contribution is 5.95. The maximum absolute atomic E-state index is 14.0. The summed E-state index contributed by atoms with van der Waals surface area (Å²) in [5, 5.41) is 11.0. The normalized spacial score (nSPS) is 22.6. The van der Waals surface area contributed by atoms with Gasteiger partial charge in [-0.1, -0.05) is 44.2 Å². The Hall–Kier alpha value is -2.19. The van der Waals surface area contributed by atoms with Gasteiger partial charge in [-0.25, -0.2) is 4.79 Å². The van der Waals surface area contributed by atoms with E-state index in [9.17, 15) is 27.9 Å². The number of halogens is 3. The molecule has 31 heavy (non-hydrogen) atoms. The molecule has 172 valence electrons. The Balaban J connectivity index is 2.17. The second-order valence-corrected chi connectivity index (χ2v) is 8.72. The van der Waals surface area contributed by atoms with Crippen molar-refractivity contribution in [3.8, 4) is 0 Å². The van der Waals surface area contributed by atoms with Crippen LogP contribution in [0.5, 0.6) is 0 Å². The molecular formula is C23H29F3O5. The number of esters is 1. The number of hydrogen-bond donors (Lipinski definition) is 1. The van der Waals surface area contributed by atoms with Crippen molar-refractivity contribution in [2.75, 3.05) is 7.11 Å². The van der Waals surface area contributed by atoms with Crippen LogP contribution in [0.3, 0.4) is 0 Å². The largest absolute Gasteiger partial charge is 0.460 e. The quantitative estimate of drug-likeness (QED) is 0.601. The number of rotatable bonds is 8. The van der Waals surface area contributed by atoms with E-state index in [2.05, 4.69) is 0 Å². The summed E-state index contributed by atoms with van der Waals surface area (Å²) in [7, 11) is 0.817. The van der Waals surface area contributed by atoms with Crippen LogP contribution in [0, 0.1) is 5.41 Å². The first-order chi connectivity index (χ1) is 14.2. The molecule has 1 aromatic rings. The van der Waals surface area contributed by atoms with Crippen LogP contribution in [0.2, 0.25) is 0 Å². The fraction of sp³-hybridized carbons (Fsp3) is 0.565. The molecule has 0 saturated carbocycles. The van der Waals surface area contributed by atoms with Crippen molar-refractivity contribution in [2.24, 2.45) is 5.41 Å². The molecule has 0 amide bonds. The summed E-state index contributed by atoms with van der Waals surface area (Å²) in [5.74, 6) is -1.73. The first kappa shape index (κ1) is 25.1. The van der Waals surface area contributed by atoms with E-state index in [4.69, 9.17) is 9.47 Å². The molecule has 0 fully saturated rings. The van der Waals surface area contributed by atoms with Crippen molar-refractivity contribution < 1.29 is 37.3 Å². The first-order valence-corrected chi connectivity index (χ1v) is 10.0. The van der Waals surface area contributed by atoms with Crippen LogP contribution >= 0.6 is 0 Å². The van der Waals surface area contributed by atoms with E-state index in [-0.39, 0.29) is 24.2 Å². The third-order valence-corrected chi connectivity index (χ3v) is 6.24. The maximum Gasteiger partial charge on any atom is 0.432 e. The summed E-state index contributed by atoms with van der Waals surface area (Å²) in [6.07, 6.45) is -4.06. The smallest absolute Gasteiger partial charge is 0.432 e. The van der Waals surface area contributed by atoms with Gasteiger partial charge in [-0.05, 0) is 43.8 Å². The number of hydrogen-bond acceptors (Lipinski definition) is 5. The summed E-state index contributed by atoms with van der Waals surface area (Å²) in [4.78, 5) is 24.5. The van der Waals surface area contributed by atoms with Crippen LogP contribution in [0.15, 0.2) is 42.0 Å². The molecule has 0 bridgehead atoms. The third kappa shape index (κ3) is 4.55. The molecule has 0 aliphatic heterocycles. The highest BCUT2D eigenvalue weighted by atomic mass is 19.4. The van der Waals surface area contributed by atoms with E-state index < -0.39 is 34.9 Å². The van der Waals surface area contributed by atoms with Gasteiger partial charge >= 0.3 is 12.1 Å². The zero-order valence-electron chi connectivity index (χ0n) is 18.4. The molecule has 0 saturated heterocycles. The van der Waals surface area contributed by atoms with Crippen LogP contribution in [-0.2, 0) is 24.7 Å². The van der Waals surface area contributed by atoms with Crippen LogP contribution in [0.25, 0.3) is 0 Å². The molecule has 0 radical (unpaired) electrons. The van der Waals surface area contributed by atoms with Gasteiger partial charge in [0, 0.05) is 19.1 Å². The lowest BCUT2D eigenvalue weighted by Gasteiger charge is -2.41. The van der Waals surface area contributed by atoms with Crippen molar-refractivity contribution in [2.45, 2.75) is 70.4 Å². The summed E-state index contributed by atoms with van der Waals surface area (Å²) in [6.45, 7) is 6.71. The van der Waals surface area contributed by atoms with Crippen molar-refractivity contribution in [3.05, 3.63) is 47.5 Å². The minimum atomic E-state index is -5.04. The predicted molar refractivity (Wildman–Crippen MR) is 108 cm³/mol. The van der Waals surface area contributed by atoms with Crippen LogP contribution in [0.4, 0.5) is 13.2 Å². The standard InChI is InChI=1S/C23H29F3O5/c1-15-13-18(27)14-21(15,29)20(3,4)12-11-16(2)31-19(28)22(30-5,23(24,25)26)17-9-7-6-8-10-17/h6-10,13,16,29H,11-12,14H2,1-5H3/t16-,21-,22+/m0/s1. The van der Waals surface area contributed by atoms with Gasteiger partial charge in [-0.15, -0.1) is 0 Å². The Labute approximate surface area is 180 Å². The van der Waals surface area contributed by atoms with Crippen molar-refractivity contribution in [1.82, 2.24) is 0 Å². The van der Waals surface area contributed by atoms with E-state index in [1.54, 1.807) is 20.8 Å². The van der Waals surface area contributed by atoms with Crippen LogP contribution < -0.4 is 0 Å². The fourth-order valence-corrected chi connectivity index (χ4v) is 4.06. The molecule has 1 aliphatic rings. The van der Waals surface area contributed by atoms with E-state index in [0.717, 1.165) is 19.2 Å². The molecule has 1 aliphatic carbocycles. The van der Waals surface area contributed by atoms with Gasteiger partial charge in [-0.2, -0.15) is 13.2 Å². The average Bonchev–Trinajstić information content (AvgIpc) is 2.94. The van der Waals surface area contributed by atoms with Gasteiger partial charge in [-0.3, -0.25) is 4.79 Å². The minimum absolute atomic E-state index is 0.0468. The number of carbonyl (C=O) groups excluding carboxylic acids is 2. The minimum Gasteiger partial charge on any atom is -0.460 e. The van der Waals surface area contributed by atoms with Crippen LogP contribution in [-0.4, -0.2) is 41.9 Å². The van der Waals surface area contributed by atoms with Crippen molar-refractivity contribution in [3.63, 3.8) is 0 Å². The Kier molecular flexibility index (Phi) is 7.07. The Bertz CT molecular complexity index is 847. The van der Waals surface area contributed by atoms with Crippen LogP contribution in [0.1, 0.15) is 52.5 Å². The van der Waals surface area contributed by atoms with Gasteiger partial charge in [0.1, 0.15) is 0 Å². The molecule has 0 unspecified atom stereocenters. The molecule has 3 atom stereocenters. The Morgan fingerprint density at radius 1 is 1.23 bits per heavy atom. The lowest BCUT2D eigenvalue weighted by Crippen LogP contribution is -2.52. The second-order valence-electron chi connectivity index (χ2n) is 8.72. The summed E-state index contributed by atoms with van der Waals surface area (Å²) in [6, 6.07) is 6.62. The molecule has 2 rings (SSSR count). The lowest BCUT2D eigenvalue weighted by molar-refractivity contribution is -0.278. The number of allylic oxidation sites excluding steroid dienone is 1. The summed E-state index contributed by atoms with van der Waals surface area (Å²) in [5.41, 5.74) is -5.18. The molecule has 1 N–H and O–H groups in total. The number of ether oxygens (including phenoxy) is 2. The van der Waals surface area contributed by atoms with E-state index in [1.165, 1.54) is 31.2 Å². The summed E-state index contributed by atoms with van der Waals surface area (Å²) >= 11 is 0. The maximum atomic E-state index is 14.0. The topological polar surface area (TPSA) is 72.8 Å². The Morgan fingerprint density at radius 3 is 2.26 bits per heavy atom. The summed E-state index contributed by atoms with van der Waals surface area (Å²) < 4.78 is 51.8. The fourth-order valence-electron chi connectivity index (χ4n) is 4.06. The number of ketones is 1. The van der Waals surface area contributed by atoms with Crippen molar-refractivity contribution in [1.29, 1.82) is 0 Å². The lowest BCUT2D eigenvalue weighted by atomic mass is 9.68. The zero-order valence-corrected chi connectivity index (χ0v) is 18.4. The van der Waals surface area contributed by atoms with Gasteiger partial charge in [0.15, 0.2) is 5.78 Å². The molecule has 0 heterocycles. The van der Waals surface area contributed by atoms with Crippen molar-refractivity contribution >= 4 is 11.8 Å². The second kappa shape index (κ2) is 8.74. The highest BCUT2D eigenvalue weighted by Crippen LogP contribution is 2.47. The van der Waals surface area contributed by atoms with E-state index in [0.29, 0.717) is 12.0 Å². The molecular weight excluding hydrogens is 413 g/mol. The number of methoxy groups -OCH3 is 1. The van der Waals surface area contributed by atoms with Gasteiger partial charge in [0.05, 0.1) is 11.7 Å². The van der Waals surface area contributed by atoms with E-state index in [1.807, 2.05) is 0 Å². The molecule has 0 spiro atoms. The number of carbonyl (C=O) groups is 2. The predicted octanol–water partition coefficient (Wildman–Crippen LogP) is 4.48. The zero-order chi connectivity index (χ0) is 23.7.